The number of hydrogen-bond donors (Lipinski definition) is 1. The lowest BCUT2D eigenvalue weighted by atomic mass is 10.1. The smallest absolute Gasteiger partial charge is 0.271 e. The van der Waals surface area contributed by atoms with Crippen LogP contribution in [0.25, 0.3) is 0 Å². The van der Waals surface area contributed by atoms with Crippen LogP contribution in [0.3, 0.4) is 0 Å². The molecule has 0 aromatic heterocycles. The molecule has 126 valence electrons. The molecule has 2 rings (SSSR count). The Hall–Kier alpha value is -3.09. The molecule has 7 heteroatoms. The molecule has 1 amide bonds. The number of methoxy groups -OCH3 is 1. The number of nitrogens with one attached hydrogen (secondary N) is 1. The number of nitrogens with zero attached hydrogens (tertiary/aromatic N) is 1. The average molecular weight is 330 g/mol. The zero-order valence-electron chi connectivity index (χ0n) is 13.4. The number of hydrogen-bond acceptors (Lipinski definition) is 5. The van der Waals surface area contributed by atoms with E-state index in [2.05, 4.69) is 5.32 Å². The van der Waals surface area contributed by atoms with E-state index in [0.717, 1.165) is 12.0 Å². The highest BCUT2D eigenvalue weighted by Gasteiger charge is 2.14. The fraction of sp³-hybridized carbons (Fsp3) is 0.235. The van der Waals surface area contributed by atoms with Gasteiger partial charge >= 0.3 is 0 Å². The van der Waals surface area contributed by atoms with Gasteiger partial charge in [-0.3, -0.25) is 14.9 Å². The number of non-ortho nitro benzene ring substituents is 1. The van der Waals surface area contributed by atoms with E-state index in [4.69, 9.17) is 9.47 Å². The van der Waals surface area contributed by atoms with Gasteiger partial charge in [0, 0.05) is 12.1 Å². The fourth-order valence-corrected chi connectivity index (χ4v) is 2.17. The minimum absolute atomic E-state index is 0.136. The third kappa shape index (κ3) is 4.22. The van der Waals surface area contributed by atoms with Crippen LogP contribution in [-0.2, 0) is 11.2 Å². The van der Waals surface area contributed by atoms with Crippen molar-refractivity contribution in [3.63, 3.8) is 0 Å². The van der Waals surface area contributed by atoms with Gasteiger partial charge in [-0.1, -0.05) is 25.1 Å². The van der Waals surface area contributed by atoms with Gasteiger partial charge in [0.15, 0.2) is 6.61 Å². The monoisotopic (exact) mass is 330 g/mol. The lowest BCUT2D eigenvalue weighted by molar-refractivity contribution is -0.384. The zero-order valence-corrected chi connectivity index (χ0v) is 13.4. The lowest BCUT2D eigenvalue weighted by Gasteiger charge is -2.12. The number of aryl methyl sites for hydroxylation is 1. The molecule has 0 spiro atoms. The highest BCUT2D eigenvalue weighted by molar-refractivity contribution is 5.93. The third-order valence-corrected chi connectivity index (χ3v) is 3.38. The van der Waals surface area contributed by atoms with Crippen LogP contribution in [-0.4, -0.2) is 24.5 Å². The highest BCUT2D eigenvalue weighted by Crippen LogP contribution is 2.28. The number of rotatable bonds is 7. The zero-order chi connectivity index (χ0) is 17.5. The van der Waals surface area contributed by atoms with Gasteiger partial charge in [-0.2, -0.15) is 0 Å². The summed E-state index contributed by atoms with van der Waals surface area (Å²) >= 11 is 0. The second-order valence-corrected chi connectivity index (χ2v) is 4.94. The first-order valence-electron chi connectivity index (χ1n) is 7.38. The number of benzene rings is 2. The summed E-state index contributed by atoms with van der Waals surface area (Å²) < 4.78 is 10.6. The van der Waals surface area contributed by atoms with Gasteiger partial charge in [0.05, 0.1) is 17.7 Å². The molecule has 0 heterocycles. The fourth-order valence-electron chi connectivity index (χ4n) is 2.17. The van der Waals surface area contributed by atoms with Crippen LogP contribution in [0.2, 0.25) is 0 Å². The average Bonchev–Trinajstić information content (AvgIpc) is 2.60. The van der Waals surface area contributed by atoms with E-state index in [1.54, 1.807) is 6.07 Å². The largest absolute Gasteiger partial charge is 0.495 e. The predicted molar refractivity (Wildman–Crippen MR) is 89.6 cm³/mol. The topological polar surface area (TPSA) is 90.7 Å². The molecule has 0 bridgehead atoms. The van der Waals surface area contributed by atoms with Gasteiger partial charge in [0.1, 0.15) is 11.5 Å². The summed E-state index contributed by atoms with van der Waals surface area (Å²) in [7, 11) is 1.42. The van der Waals surface area contributed by atoms with Gasteiger partial charge in [-0.25, -0.2) is 0 Å². The summed E-state index contributed by atoms with van der Waals surface area (Å²) in [6, 6.07) is 11.4. The Bertz CT molecular complexity index is 746. The first kappa shape index (κ1) is 17.3. The Labute approximate surface area is 139 Å². The summed E-state index contributed by atoms with van der Waals surface area (Å²) in [6.45, 7) is 1.79. The molecule has 2 aromatic rings. The predicted octanol–water partition coefficient (Wildman–Crippen LogP) is 3.18. The third-order valence-electron chi connectivity index (χ3n) is 3.38. The molecule has 0 saturated heterocycles. The van der Waals surface area contributed by atoms with Gasteiger partial charge in [0.25, 0.3) is 11.6 Å². The van der Waals surface area contributed by atoms with Gasteiger partial charge in [-0.15, -0.1) is 0 Å². The Morgan fingerprint density at radius 2 is 1.96 bits per heavy atom. The molecule has 1 N–H and O–H groups in total. The van der Waals surface area contributed by atoms with E-state index >= 15 is 0 Å². The molecule has 0 atom stereocenters. The second-order valence-electron chi connectivity index (χ2n) is 4.94. The Morgan fingerprint density at radius 1 is 1.21 bits per heavy atom. The number of anilines is 1. The van der Waals surface area contributed by atoms with Gasteiger partial charge in [0.2, 0.25) is 0 Å². The first-order valence-corrected chi connectivity index (χ1v) is 7.38. The van der Waals surface area contributed by atoms with E-state index in [9.17, 15) is 14.9 Å². The van der Waals surface area contributed by atoms with Crippen molar-refractivity contribution in [1.29, 1.82) is 0 Å². The number of carbonyl (C=O) groups excluding carboxylic acids is 1. The van der Waals surface area contributed by atoms with Crippen molar-refractivity contribution in [3.8, 4) is 11.5 Å². The Balaban J connectivity index is 2.06. The minimum Gasteiger partial charge on any atom is -0.495 e. The van der Waals surface area contributed by atoms with Crippen molar-refractivity contribution in [2.24, 2.45) is 0 Å². The summed E-state index contributed by atoms with van der Waals surface area (Å²) in [4.78, 5) is 22.4. The molecule has 0 radical (unpaired) electrons. The molecule has 0 aliphatic rings. The van der Waals surface area contributed by atoms with Crippen molar-refractivity contribution in [3.05, 3.63) is 58.1 Å². The molecule has 7 nitrogen and oxygen atoms in total. The second kappa shape index (κ2) is 7.96. The molecule has 0 aliphatic carbocycles. The van der Waals surface area contributed by atoms with Gasteiger partial charge < -0.3 is 14.8 Å². The number of amides is 1. The van der Waals surface area contributed by atoms with E-state index < -0.39 is 10.8 Å². The summed E-state index contributed by atoms with van der Waals surface area (Å²) in [6.07, 6.45) is 0.788. The van der Waals surface area contributed by atoms with Crippen molar-refractivity contribution >= 4 is 17.3 Å². The standard InChI is InChI=1S/C17H18N2O5/c1-3-12-6-4-5-7-15(12)24-11-17(20)18-14-10-13(19(21)22)8-9-16(14)23-2/h4-10H,3,11H2,1-2H3,(H,18,20). The maximum Gasteiger partial charge on any atom is 0.271 e. The number of ether oxygens (including phenoxy) is 2. The number of carbonyl (C=O) groups is 1. The van der Waals surface area contributed by atoms with Crippen molar-refractivity contribution < 1.29 is 19.2 Å². The van der Waals surface area contributed by atoms with E-state index in [0.29, 0.717) is 11.5 Å². The molecule has 0 aliphatic heterocycles. The SMILES string of the molecule is CCc1ccccc1OCC(=O)Nc1cc([N+](=O)[O-])ccc1OC. The van der Waals surface area contributed by atoms with Crippen LogP contribution in [0, 0.1) is 10.1 Å². The van der Waals surface area contributed by atoms with Crippen molar-refractivity contribution in [1.82, 2.24) is 0 Å². The van der Waals surface area contributed by atoms with Crippen LogP contribution in [0.4, 0.5) is 11.4 Å². The molecule has 2 aromatic carbocycles. The molecular formula is C17H18N2O5. The first-order chi connectivity index (χ1) is 11.5. The van der Waals surface area contributed by atoms with Gasteiger partial charge in [-0.05, 0) is 24.1 Å². The summed E-state index contributed by atoms with van der Waals surface area (Å²) in [5.41, 5.74) is 1.09. The number of nitro benzene ring substituents is 1. The normalized spacial score (nSPS) is 10.1. The number of para-hydroxylation sites is 1. The van der Waals surface area contributed by atoms with E-state index in [1.165, 1.54) is 25.3 Å². The quantitative estimate of drug-likeness (QED) is 0.622. The summed E-state index contributed by atoms with van der Waals surface area (Å²) in [5.74, 6) is 0.545. The Morgan fingerprint density at radius 3 is 2.62 bits per heavy atom. The minimum atomic E-state index is -0.539. The highest BCUT2D eigenvalue weighted by atomic mass is 16.6. The number of nitro groups is 1. The molecule has 24 heavy (non-hydrogen) atoms. The van der Waals surface area contributed by atoms with Crippen molar-refractivity contribution in [2.75, 3.05) is 19.0 Å². The molecule has 0 unspecified atom stereocenters. The summed E-state index contributed by atoms with van der Waals surface area (Å²) in [5, 5.41) is 13.4. The van der Waals surface area contributed by atoms with E-state index in [-0.39, 0.29) is 18.0 Å². The van der Waals surface area contributed by atoms with Crippen molar-refractivity contribution in [2.45, 2.75) is 13.3 Å². The van der Waals surface area contributed by atoms with Crippen LogP contribution in [0.5, 0.6) is 11.5 Å². The Kier molecular flexibility index (Phi) is 5.73. The molecule has 0 fully saturated rings. The van der Waals surface area contributed by atoms with Crippen LogP contribution in [0.1, 0.15) is 12.5 Å². The van der Waals surface area contributed by atoms with Crippen LogP contribution < -0.4 is 14.8 Å². The maximum absolute atomic E-state index is 12.1. The maximum atomic E-state index is 12.1. The van der Waals surface area contributed by atoms with Crippen LogP contribution in [0.15, 0.2) is 42.5 Å². The molecular weight excluding hydrogens is 312 g/mol. The van der Waals surface area contributed by atoms with Crippen LogP contribution >= 0.6 is 0 Å². The molecule has 0 saturated carbocycles. The van der Waals surface area contributed by atoms with E-state index in [1.807, 2.05) is 25.1 Å². The lowest BCUT2D eigenvalue weighted by Crippen LogP contribution is -2.21.